The fourth-order valence-corrected chi connectivity index (χ4v) is 2.50. The zero-order valence-corrected chi connectivity index (χ0v) is 12.0. The number of hydrogen-bond donors (Lipinski definition) is 1. The SMILES string of the molecule is CCc1ccc(CNC(=O)C2CCN(C)CC2)cc1. The molecule has 1 aliphatic heterocycles. The fraction of sp³-hybridized carbons (Fsp3) is 0.562. The molecule has 1 aromatic rings. The number of benzene rings is 1. The van der Waals surface area contributed by atoms with Crippen molar-refractivity contribution in [3.05, 3.63) is 35.4 Å². The summed E-state index contributed by atoms with van der Waals surface area (Å²) in [6.07, 6.45) is 3.02. The van der Waals surface area contributed by atoms with Crippen molar-refractivity contribution < 1.29 is 4.79 Å². The lowest BCUT2D eigenvalue weighted by atomic mass is 9.96. The highest BCUT2D eigenvalue weighted by molar-refractivity contribution is 5.78. The van der Waals surface area contributed by atoms with Crippen molar-refractivity contribution in [2.24, 2.45) is 5.92 Å². The number of carbonyl (C=O) groups is 1. The zero-order valence-electron chi connectivity index (χ0n) is 12.0. The van der Waals surface area contributed by atoms with Gasteiger partial charge in [0, 0.05) is 12.5 Å². The van der Waals surface area contributed by atoms with E-state index in [1.165, 1.54) is 11.1 Å². The lowest BCUT2D eigenvalue weighted by Gasteiger charge is -2.28. The van der Waals surface area contributed by atoms with Crippen molar-refractivity contribution in [3.8, 4) is 0 Å². The van der Waals surface area contributed by atoms with E-state index in [9.17, 15) is 4.79 Å². The molecule has 1 aromatic carbocycles. The lowest BCUT2D eigenvalue weighted by Crippen LogP contribution is -2.38. The Balaban J connectivity index is 1.79. The summed E-state index contributed by atoms with van der Waals surface area (Å²) in [6.45, 7) is 4.86. The summed E-state index contributed by atoms with van der Waals surface area (Å²) in [5, 5.41) is 3.06. The smallest absolute Gasteiger partial charge is 0.223 e. The molecule has 0 spiro atoms. The third-order valence-corrected chi connectivity index (χ3v) is 3.99. The minimum atomic E-state index is 0.200. The van der Waals surface area contributed by atoms with Crippen molar-refractivity contribution in [1.29, 1.82) is 0 Å². The first-order valence-electron chi connectivity index (χ1n) is 7.23. The summed E-state index contributed by atoms with van der Waals surface area (Å²) in [5.41, 5.74) is 2.52. The van der Waals surface area contributed by atoms with Crippen molar-refractivity contribution >= 4 is 5.91 Å². The second-order valence-electron chi connectivity index (χ2n) is 5.47. The monoisotopic (exact) mass is 260 g/mol. The Kier molecular flexibility index (Phi) is 4.97. The molecule has 0 saturated carbocycles. The van der Waals surface area contributed by atoms with E-state index in [0.29, 0.717) is 6.54 Å². The summed E-state index contributed by atoms with van der Waals surface area (Å²) in [5.74, 6) is 0.416. The van der Waals surface area contributed by atoms with Crippen LogP contribution in [0.1, 0.15) is 30.9 Å². The van der Waals surface area contributed by atoms with Gasteiger partial charge < -0.3 is 10.2 Å². The number of rotatable bonds is 4. The molecule has 1 fully saturated rings. The molecule has 3 nitrogen and oxygen atoms in total. The van der Waals surface area contributed by atoms with Gasteiger partial charge in [-0.15, -0.1) is 0 Å². The van der Waals surface area contributed by atoms with Crippen LogP contribution >= 0.6 is 0 Å². The zero-order chi connectivity index (χ0) is 13.7. The molecular formula is C16H24N2O. The average Bonchev–Trinajstić information content (AvgIpc) is 2.46. The van der Waals surface area contributed by atoms with Crippen LogP contribution in [-0.4, -0.2) is 30.9 Å². The van der Waals surface area contributed by atoms with Crippen molar-refractivity contribution in [2.45, 2.75) is 32.7 Å². The van der Waals surface area contributed by atoms with Crippen LogP contribution < -0.4 is 5.32 Å². The molecule has 1 N–H and O–H groups in total. The average molecular weight is 260 g/mol. The Hall–Kier alpha value is -1.35. The topological polar surface area (TPSA) is 32.3 Å². The molecule has 2 rings (SSSR count). The Morgan fingerprint density at radius 1 is 1.21 bits per heavy atom. The van der Waals surface area contributed by atoms with Crippen LogP contribution in [0.3, 0.4) is 0 Å². The van der Waals surface area contributed by atoms with E-state index in [1.807, 2.05) is 0 Å². The molecule has 104 valence electrons. The molecule has 0 aliphatic carbocycles. The quantitative estimate of drug-likeness (QED) is 0.900. The molecule has 1 heterocycles. The number of nitrogens with one attached hydrogen (secondary N) is 1. The molecule has 1 amide bonds. The van der Waals surface area contributed by atoms with Gasteiger partial charge in [-0.05, 0) is 50.5 Å². The first kappa shape index (κ1) is 14.1. The normalized spacial score (nSPS) is 17.4. The minimum absolute atomic E-state index is 0.200. The second-order valence-corrected chi connectivity index (χ2v) is 5.47. The number of piperidine rings is 1. The largest absolute Gasteiger partial charge is 0.352 e. The lowest BCUT2D eigenvalue weighted by molar-refractivity contribution is -0.126. The third kappa shape index (κ3) is 4.06. The van der Waals surface area contributed by atoms with Crippen LogP contribution in [-0.2, 0) is 17.8 Å². The molecule has 0 aromatic heterocycles. The fourth-order valence-electron chi connectivity index (χ4n) is 2.50. The van der Waals surface area contributed by atoms with Crippen LogP contribution in [0.15, 0.2) is 24.3 Å². The van der Waals surface area contributed by atoms with Crippen LogP contribution in [0.2, 0.25) is 0 Å². The maximum atomic E-state index is 12.1. The van der Waals surface area contributed by atoms with Gasteiger partial charge >= 0.3 is 0 Å². The van der Waals surface area contributed by atoms with Gasteiger partial charge in [-0.2, -0.15) is 0 Å². The van der Waals surface area contributed by atoms with E-state index in [-0.39, 0.29) is 11.8 Å². The highest BCUT2D eigenvalue weighted by atomic mass is 16.1. The first-order chi connectivity index (χ1) is 9.19. The minimum Gasteiger partial charge on any atom is -0.352 e. The highest BCUT2D eigenvalue weighted by Crippen LogP contribution is 2.16. The molecular weight excluding hydrogens is 236 g/mol. The van der Waals surface area contributed by atoms with E-state index in [2.05, 4.69) is 48.5 Å². The molecule has 3 heteroatoms. The number of hydrogen-bond acceptors (Lipinski definition) is 2. The Bertz CT molecular complexity index is 405. The standard InChI is InChI=1S/C16H24N2O/c1-3-13-4-6-14(7-5-13)12-17-16(19)15-8-10-18(2)11-9-15/h4-7,15H,3,8-12H2,1-2H3,(H,17,19). The Morgan fingerprint density at radius 2 is 1.79 bits per heavy atom. The van der Waals surface area contributed by atoms with Gasteiger partial charge in [-0.1, -0.05) is 31.2 Å². The van der Waals surface area contributed by atoms with E-state index < -0.39 is 0 Å². The van der Waals surface area contributed by atoms with Crippen LogP contribution in [0.25, 0.3) is 0 Å². The molecule has 1 saturated heterocycles. The Morgan fingerprint density at radius 3 is 2.37 bits per heavy atom. The van der Waals surface area contributed by atoms with Gasteiger partial charge in [0.1, 0.15) is 0 Å². The van der Waals surface area contributed by atoms with Crippen LogP contribution in [0.4, 0.5) is 0 Å². The van der Waals surface area contributed by atoms with Crippen LogP contribution in [0.5, 0.6) is 0 Å². The predicted octanol–water partition coefficient (Wildman–Crippen LogP) is 2.21. The molecule has 0 unspecified atom stereocenters. The summed E-state index contributed by atoms with van der Waals surface area (Å²) >= 11 is 0. The number of nitrogens with zero attached hydrogens (tertiary/aromatic N) is 1. The maximum absolute atomic E-state index is 12.1. The summed E-state index contributed by atoms with van der Waals surface area (Å²) in [6, 6.07) is 8.48. The number of aryl methyl sites for hydroxylation is 1. The summed E-state index contributed by atoms with van der Waals surface area (Å²) in [4.78, 5) is 14.4. The van der Waals surface area contributed by atoms with Crippen molar-refractivity contribution in [1.82, 2.24) is 10.2 Å². The molecule has 0 bridgehead atoms. The number of carbonyl (C=O) groups excluding carboxylic acids is 1. The van der Waals surface area contributed by atoms with Gasteiger partial charge in [-0.3, -0.25) is 4.79 Å². The van der Waals surface area contributed by atoms with Gasteiger partial charge in [0.25, 0.3) is 0 Å². The van der Waals surface area contributed by atoms with E-state index in [1.54, 1.807) is 0 Å². The second kappa shape index (κ2) is 6.71. The predicted molar refractivity (Wildman–Crippen MR) is 77.9 cm³/mol. The van der Waals surface area contributed by atoms with Crippen LogP contribution in [0, 0.1) is 5.92 Å². The molecule has 1 aliphatic rings. The number of amides is 1. The van der Waals surface area contributed by atoms with Gasteiger partial charge in [-0.25, -0.2) is 0 Å². The van der Waals surface area contributed by atoms with Gasteiger partial charge in [0.2, 0.25) is 5.91 Å². The van der Waals surface area contributed by atoms with E-state index in [0.717, 1.165) is 32.4 Å². The third-order valence-electron chi connectivity index (χ3n) is 3.99. The first-order valence-corrected chi connectivity index (χ1v) is 7.23. The maximum Gasteiger partial charge on any atom is 0.223 e. The van der Waals surface area contributed by atoms with E-state index in [4.69, 9.17) is 0 Å². The van der Waals surface area contributed by atoms with E-state index >= 15 is 0 Å². The van der Waals surface area contributed by atoms with Crippen molar-refractivity contribution in [2.75, 3.05) is 20.1 Å². The van der Waals surface area contributed by atoms with Gasteiger partial charge in [0.15, 0.2) is 0 Å². The Labute approximate surface area is 116 Å². The number of likely N-dealkylation sites (tertiary alicyclic amines) is 1. The van der Waals surface area contributed by atoms with Gasteiger partial charge in [0.05, 0.1) is 0 Å². The van der Waals surface area contributed by atoms with Crippen molar-refractivity contribution in [3.63, 3.8) is 0 Å². The molecule has 0 radical (unpaired) electrons. The summed E-state index contributed by atoms with van der Waals surface area (Å²) < 4.78 is 0. The highest BCUT2D eigenvalue weighted by Gasteiger charge is 2.22. The molecule has 19 heavy (non-hydrogen) atoms. The summed E-state index contributed by atoms with van der Waals surface area (Å²) in [7, 11) is 2.11. The molecule has 0 atom stereocenters.